The first-order valence-electron chi connectivity index (χ1n) is 9.90. The molecule has 0 aromatic heterocycles. The van der Waals surface area contributed by atoms with E-state index in [-0.39, 0.29) is 12.5 Å². The summed E-state index contributed by atoms with van der Waals surface area (Å²) in [6, 6.07) is 14.0. The normalized spacial score (nSPS) is 10.9. The quantitative estimate of drug-likeness (QED) is 0.488. The molecular weight excluding hydrogens is 350 g/mol. The van der Waals surface area contributed by atoms with Gasteiger partial charge in [0.15, 0.2) is 6.61 Å². The highest BCUT2D eigenvalue weighted by molar-refractivity contribution is 5.83. The van der Waals surface area contributed by atoms with Crippen LogP contribution in [0.5, 0.6) is 5.75 Å². The first-order chi connectivity index (χ1) is 13.5. The summed E-state index contributed by atoms with van der Waals surface area (Å²) in [5.74, 6) is 0.393. The topological polar surface area (TPSA) is 53.9 Å². The van der Waals surface area contributed by atoms with E-state index in [2.05, 4.69) is 41.4 Å². The second-order valence-electron chi connectivity index (χ2n) is 6.91. The summed E-state index contributed by atoms with van der Waals surface area (Å²) in [6.45, 7) is 10.5. The van der Waals surface area contributed by atoms with Gasteiger partial charge in [-0.3, -0.25) is 4.79 Å². The molecule has 2 rings (SSSR count). The number of carbonyl (C=O) groups excluding carboxylic acids is 1. The van der Waals surface area contributed by atoms with Crippen LogP contribution in [0, 0.1) is 13.8 Å². The lowest BCUT2D eigenvalue weighted by atomic mass is 10.1. The molecule has 0 unspecified atom stereocenters. The summed E-state index contributed by atoms with van der Waals surface area (Å²) in [5, 5.41) is 4.01. The molecular formula is C23H31N3O2. The zero-order valence-corrected chi connectivity index (χ0v) is 17.4. The molecule has 150 valence electrons. The van der Waals surface area contributed by atoms with Crippen LogP contribution in [0.2, 0.25) is 0 Å². The summed E-state index contributed by atoms with van der Waals surface area (Å²) in [4.78, 5) is 14.3. The Balaban J connectivity index is 1.82. The maximum absolute atomic E-state index is 11.9. The highest BCUT2D eigenvalue weighted by Gasteiger charge is 2.04. The van der Waals surface area contributed by atoms with Gasteiger partial charge in [0, 0.05) is 18.8 Å². The van der Waals surface area contributed by atoms with E-state index >= 15 is 0 Å². The van der Waals surface area contributed by atoms with Gasteiger partial charge in [-0.15, -0.1) is 0 Å². The number of hydrogen-bond donors (Lipinski definition) is 1. The Kier molecular flexibility index (Phi) is 8.53. The molecule has 0 saturated carbocycles. The Morgan fingerprint density at radius 1 is 1.04 bits per heavy atom. The van der Waals surface area contributed by atoms with Crippen LogP contribution in [-0.4, -0.2) is 31.8 Å². The third-order valence-electron chi connectivity index (χ3n) is 4.50. The monoisotopic (exact) mass is 381 g/mol. The van der Waals surface area contributed by atoms with E-state index in [1.165, 1.54) is 11.3 Å². The van der Waals surface area contributed by atoms with Crippen LogP contribution >= 0.6 is 0 Å². The van der Waals surface area contributed by atoms with Crippen molar-refractivity contribution < 1.29 is 9.53 Å². The van der Waals surface area contributed by atoms with Crippen molar-refractivity contribution in [3.8, 4) is 5.75 Å². The van der Waals surface area contributed by atoms with E-state index < -0.39 is 0 Å². The van der Waals surface area contributed by atoms with Crippen LogP contribution < -0.4 is 15.1 Å². The molecule has 0 spiro atoms. The van der Waals surface area contributed by atoms with Gasteiger partial charge < -0.3 is 9.64 Å². The molecule has 28 heavy (non-hydrogen) atoms. The number of ether oxygens (including phenoxy) is 1. The average Bonchev–Trinajstić information content (AvgIpc) is 2.69. The van der Waals surface area contributed by atoms with Gasteiger partial charge in [-0.05, 0) is 67.6 Å². The predicted molar refractivity (Wildman–Crippen MR) is 116 cm³/mol. The predicted octanol–water partition coefficient (Wildman–Crippen LogP) is 4.46. The van der Waals surface area contributed by atoms with Gasteiger partial charge in [0.05, 0.1) is 6.21 Å². The highest BCUT2D eigenvalue weighted by Crippen LogP contribution is 2.17. The van der Waals surface area contributed by atoms with Crippen molar-refractivity contribution in [2.45, 2.75) is 40.5 Å². The molecule has 0 bridgehead atoms. The van der Waals surface area contributed by atoms with Gasteiger partial charge in [0.25, 0.3) is 5.91 Å². The Hall–Kier alpha value is -2.82. The SMILES string of the molecule is CCCN(CCC)c1ccc(C=NNC(=O)COc2ccc(C)c(C)c2)cc1. The number of aryl methyl sites for hydroxylation is 2. The van der Waals surface area contributed by atoms with Crippen molar-refractivity contribution in [2.75, 3.05) is 24.6 Å². The van der Waals surface area contributed by atoms with Crippen molar-refractivity contribution >= 4 is 17.8 Å². The highest BCUT2D eigenvalue weighted by atomic mass is 16.5. The van der Waals surface area contributed by atoms with Gasteiger partial charge in [0.1, 0.15) is 5.75 Å². The molecule has 0 aliphatic rings. The zero-order chi connectivity index (χ0) is 20.4. The summed E-state index contributed by atoms with van der Waals surface area (Å²) in [7, 11) is 0. The number of rotatable bonds is 10. The molecule has 2 aromatic rings. The number of nitrogens with zero attached hydrogens (tertiary/aromatic N) is 2. The summed E-state index contributed by atoms with van der Waals surface area (Å²) >= 11 is 0. The van der Waals surface area contributed by atoms with Gasteiger partial charge in [0.2, 0.25) is 0 Å². The van der Waals surface area contributed by atoms with E-state index in [0.29, 0.717) is 5.75 Å². The summed E-state index contributed by atoms with van der Waals surface area (Å²) in [6.07, 6.45) is 3.89. The van der Waals surface area contributed by atoms with Crippen LogP contribution in [-0.2, 0) is 4.79 Å². The molecule has 1 N–H and O–H groups in total. The number of nitrogens with one attached hydrogen (secondary N) is 1. The molecule has 0 aliphatic heterocycles. The van der Waals surface area contributed by atoms with E-state index in [1.807, 2.05) is 44.2 Å². The van der Waals surface area contributed by atoms with Crippen molar-refractivity contribution in [1.29, 1.82) is 0 Å². The fourth-order valence-corrected chi connectivity index (χ4v) is 2.84. The molecule has 1 amide bonds. The third kappa shape index (κ3) is 6.72. The lowest BCUT2D eigenvalue weighted by Gasteiger charge is -2.23. The van der Waals surface area contributed by atoms with E-state index in [4.69, 9.17) is 4.74 Å². The van der Waals surface area contributed by atoms with E-state index in [1.54, 1.807) is 6.21 Å². The van der Waals surface area contributed by atoms with Crippen molar-refractivity contribution in [2.24, 2.45) is 5.10 Å². The Labute approximate surface area is 168 Å². The Morgan fingerprint density at radius 3 is 2.32 bits per heavy atom. The van der Waals surface area contributed by atoms with Crippen LogP contribution in [0.25, 0.3) is 0 Å². The lowest BCUT2D eigenvalue weighted by Crippen LogP contribution is -2.25. The van der Waals surface area contributed by atoms with E-state index in [9.17, 15) is 4.79 Å². The van der Waals surface area contributed by atoms with Crippen LogP contribution in [0.15, 0.2) is 47.6 Å². The van der Waals surface area contributed by atoms with Crippen LogP contribution in [0.3, 0.4) is 0 Å². The molecule has 0 radical (unpaired) electrons. The third-order valence-corrected chi connectivity index (χ3v) is 4.50. The van der Waals surface area contributed by atoms with Crippen molar-refractivity contribution in [1.82, 2.24) is 5.43 Å². The molecule has 5 nitrogen and oxygen atoms in total. The number of amides is 1. The van der Waals surface area contributed by atoms with Gasteiger partial charge >= 0.3 is 0 Å². The first-order valence-corrected chi connectivity index (χ1v) is 9.90. The van der Waals surface area contributed by atoms with Gasteiger partial charge in [-0.1, -0.05) is 32.0 Å². The number of benzene rings is 2. The average molecular weight is 382 g/mol. The molecule has 2 aromatic carbocycles. The maximum Gasteiger partial charge on any atom is 0.277 e. The molecule has 0 aliphatic carbocycles. The minimum atomic E-state index is -0.289. The largest absolute Gasteiger partial charge is 0.484 e. The van der Waals surface area contributed by atoms with Crippen molar-refractivity contribution in [3.63, 3.8) is 0 Å². The molecule has 0 fully saturated rings. The minimum absolute atomic E-state index is 0.0677. The summed E-state index contributed by atoms with van der Waals surface area (Å²) in [5.41, 5.74) is 6.98. The molecule has 0 heterocycles. The second kappa shape index (κ2) is 11.1. The van der Waals surface area contributed by atoms with Crippen LogP contribution in [0.1, 0.15) is 43.4 Å². The summed E-state index contributed by atoms with van der Waals surface area (Å²) < 4.78 is 5.50. The smallest absolute Gasteiger partial charge is 0.277 e. The number of anilines is 1. The fraction of sp³-hybridized carbons (Fsp3) is 0.391. The maximum atomic E-state index is 11.9. The minimum Gasteiger partial charge on any atom is -0.484 e. The zero-order valence-electron chi connectivity index (χ0n) is 17.4. The van der Waals surface area contributed by atoms with Gasteiger partial charge in [-0.25, -0.2) is 5.43 Å². The Morgan fingerprint density at radius 2 is 1.71 bits per heavy atom. The van der Waals surface area contributed by atoms with E-state index in [0.717, 1.165) is 37.1 Å². The number of hydrazone groups is 1. The Bertz CT molecular complexity index is 779. The van der Waals surface area contributed by atoms with Gasteiger partial charge in [-0.2, -0.15) is 5.10 Å². The first kappa shape index (κ1) is 21.5. The standard InChI is InChI=1S/C23H31N3O2/c1-5-13-26(14-6-2)21-10-8-20(9-11-21)16-24-25-23(27)17-28-22-12-7-18(3)19(4)15-22/h7-12,15-16H,5-6,13-14,17H2,1-4H3,(H,25,27). The fourth-order valence-electron chi connectivity index (χ4n) is 2.84. The lowest BCUT2D eigenvalue weighted by molar-refractivity contribution is -0.123. The number of carbonyl (C=O) groups is 1. The number of hydrogen-bond acceptors (Lipinski definition) is 4. The molecule has 0 saturated heterocycles. The van der Waals surface area contributed by atoms with Crippen molar-refractivity contribution in [3.05, 3.63) is 59.2 Å². The second-order valence-corrected chi connectivity index (χ2v) is 6.91. The molecule has 5 heteroatoms. The van der Waals surface area contributed by atoms with Crippen LogP contribution in [0.4, 0.5) is 5.69 Å². The molecule has 0 atom stereocenters.